The summed E-state index contributed by atoms with van der Waals surface area (Å²) in [7, 11) is -4.78. The second kappa shape index (κ2) is 9.28. The van der Waals surface area contributed by atoms with Crippen LogP contribution in [-0.4, -0.2) is 60.2 Å². The number of nitrogens with one attached hydrogen (secondary N) is 1. The number of ether oxygens (including phenoxy) is 1. The minimum absolute atomic E-state index is 0. The molecule has 4 N–H and O–H groups in total. The molecule has 0 aliphatic heterocycles. The van der Waals surface area contributed by atoms with Crippen LogP contribution in [0.4, 0.5) is 17.1 Å². The van der Waals surface area contributed by atoms with E-state index in [1.54, 1.807) is 36.4 Å². The van der Waals surface area contributed by atoms with Crippen LogP contribution in [0.2, 0.25) is 0 Å². The van der Waals surface area contributed by atoms with Crippen molar-refractivity contribution in [3.05, 3.63) is 76.9 Å². The van der Waals surface area contributed by atoms with Gasteiger partial charge in [-0.3, -0.25) is 14.1 Å². The van der Waals surface area contributed by atoms with Crippen LogP contribution >= 0.6 is 0 Å². The number of hydrogen-bond donors (Lipinski definition) is 3. The number of nitrogens with two attached hydrogens (primary N) is 1. The van der Waals surface area contributed by atoms with E-state index in [-0.39, 0.29) is 63.6 Å². The fourth-order valence-electron chi connectivity index (χ4n) is 3.68. The van der Waals surface area contributed by atoms with Gasteiger partial charge in [0.2, 0.25) is 0 Å². The maximum atomic E-state index is 13.3. The molecule has 0 saturated heterocycles. The van der Waals surface area contributed by atoms with Gasteiger partial charge >= 0.3 is 29.6 Å². The molecule has 1 aliphatic rings. The van der Waals surface area contributed by atoms with Crippen LogP contribution in [0.1, 0.15) is 45.7 Å². The number of carbonyl (C=O) groups is 2. The molecule has 0 saturated carbocycles. The van der Waals surface area contributed by atoms with Crippen molar-refractivity contribution in [1.82, 2.24) is 0 Å². The summed E-state index contributed by atoms with van der Waals surface area (Å²) in [6.07, 6.45) is -0.0728. The fraction of sp³-hybridized carbons (Fsp3) is 0.130. The Hall–Kier alpha value is -2.69. The van der Waals surface area contributed by atoms with Crippen LogP contribution in [0, 0.1) is 0 Å². The van der Waals surface area contributed by atoms with E-state index < -0.39 is 32.3 Å². The molecule has 0 bridgehead atoms. The van der Waals surface area contributed by atoms with E-state index in [1.807, 2.05) is 13.8 Å². The van der Waals surface area contributed by atoms with E-state index in [0.717, 1.165) is 6.07 Å². The summed E-state index contributed by atoms with van der Waals surface area (Å²) in [4.78, 5) is 25.8. The normalized spacial score (nSPS) is 12.6. The number of hydrogen-bond acceptors (Lipinski definition) is 7. The number of rotatable bonds is 5. The summed E-state index contributed by atoms with van der Waals surface area (Å²) in [6, 6.07) is 14.1. The Kier molecular flexibility index (Phi) is 7.01. The predicted octanol–water partition coefficient (Wildman–Crippen LogP) is 3.17. The Morgan fingerprint density at radius 1 is 0.939 bits per heavy atom. The predicted molar refractivity (Wildman–Crippen MR) is 127 cm³/mol. The van der Waals surface area contributed by atoms with E-state index >= 15 is 0 Å². The quantitative estimate of drug-likeness (QED) is 0.227. The van der Waals surface area contributed by atoms with Gasteiger partial charge in [0.25, 0.3) is 10.1 Å². The number of carbonyl (C=O) groups excluding carboxylic acids is 2. The first kappa shape index (κ1) is 24.9. The molecule has 0 heterocycles. The molecule has 3 aromatic carbocycles. The summed E-state index contributed by atoms with van der Waals surface area (Å²) < 4.78 is 39.3. The Balaban J connectivity index is 0.00000306. The summed E-state index contributed by atoms with van der Waals surface area (Å²) in [5.74, 6) is -0.531. The Bertz CT molecular complexity index is 1390. The molecule has 166 valence electrons. The van der Waals surface area contributed by atoms with Gasteiger partial charge in [-0.25, -0.2) is 0 Å². The summed E-state index contributed by atoms with van der Waals surface area (Å²) in [5, 5.41) is 2.98. The number of benzene rings is 3. The molecular formula is C23H21N2NaO6S. The molecule has 0 aromatic heterocycles. The van der Waals surface area contributed by atoms with E-state index in [4.69, 9.17) is 10.5 Å². The third kappa shape index (κ3) is 4.68. The van der Waals surface area contributed by atoms with Gasteiger partial charge in [-0.1, -0.05) is 30.3 Å². The second-order valence-electron chi connectivity index (χ2n) is 7.58. The van der Waals surface area contributed by atoms with Crippen LogP contribution in [0.5, 0.6) is 5.75 Å². The zero-order chi connectivity index (χ0) is 23.2. The number of anilines is 3. The van der Waals surface area contributed by atoms with Crippen LogP contribution in [0.25, 0.3) is 0 Å². The molecule has 10 heteroatoms. The number of ketones is 2. The van der Waals surface area contributed by atoms with Gasteiger partial charge < -0.3 is 15.8 Å². The van der Waals surface area contributed by atoms with E-state index in [0.29, 0.717) is 11.4 Å². The Morgan fingerprint density at radius 3 is 2.12 bits per heavy atom. The molecule has 8 nitrogen and oxygen atoms in total. The molecular weight excluding hydrogens is 455 g/mol. The molecule has 4 rings (SSSR count). The third-order valence-corrected chi connectivity index (χ3v) is 5.86. The number of nitrogen functional groups attached to an aromatic ring is 1. The Morgan fingerprint density at radius 2 is 1.55 bits per heavy atom. The monoisotopic (exact) mass is 476 g/mol. The van der Waals surface area contributed by atoms with Crippen molar-refractivity contribution >= 4 is 68.3 Å². The van der Waals surface area contributed by atoms with Gasteiger partial charge in [-0.05, 0) is 32.0 Å². The first-order valence-electron chi connectivity index (χ1n) is 9.74. The maximum absolute atomic E-state index is 13.3. The van der Waals surface area contributed by atoms with E-state index in [9.17, 15) is 22.6 Å². The van der Waals surface area contributed by atoms with Gasteiger partial charge in [0, 0.05) is 22.9 Å². The minimum atomic E-state index is -4.78. The van der Waals surface area contributed by atoms with Crippen molar-refractivity contribution in [2.75, 3.05) is 11.1 Å². The summed E-state index contributed by atoms with van der Waals surface area (Å²) >= 11 is 0. The summed E-state index contributed by atoms with van der Waals surface area (Å²) in [5.41, 5.74) is 5.99. The molecule has 0 unspecified atom stereocenters. The van der Waals surface area contributed by atoms with Crippen LogP contribution < -0.4 is 15.8 Å². The van der Waals surface area contributed by atoms with Crippen LogP contribution in [0.3, 0.4) is 0 Å². The Labute approximate surface area is 213 Å². The molecule has 0 amide bonds. The zero-order valence-corrected chi connectivity index (χ0v) is 18.1. The topological polar surface area (TPSA) is 136 Å². The number of fused-ring (bicyclic) bond motifs is 2. The molecule has 0 atom stereocenters. The average molecular weight is 476 g/mol. The van der Waals surface area contributed by atoms with Gasteiger partial charge in [-0.15, -0.1) is 0 Å². The summed E-state index contributed by atoms with van der Waals surface area (Å²) in [6.45, 7) is 3.74. The molecule has 0 radical (unpaired) electrons. The van der Waals surface area contributed by atoms with Gasteiger partial charge in [0.1, 0.15) is 10.6 Å². The van der Waals surface area contributed by atoms with Gasteiger partial charge in [-0.2, -0.15) is 8.42 Å². The molecule has 0 spiro atoms. The van der Waals surface area contributed by atoms with Crippen LogP contribution in [-0.2, 0) is 10.1 Å². The van der Waals surface area contributed by atoms with E-state index in [2.05, 4.69) is 5.32 Å². The van der Waals surface area contributed by atoms with Crippen LogP contribution in [0.15, 0.2) is 59.5 Å². The first-order chi connectivity index (χ1) is 15.1. The van der Waals surface area contributed by atoms with Crippen molar-refractivity contribution in [1.29, 1.82) is 0 Å². The fourth-order valence-corrected chi connectivity index (χ4v) is 4.33. The van der Waals surface area contributed by atoms with Gasteiger partial charge in [0.05, 0.1) is 28.6 Å². The second-order valence-corrected chi connectivity index (χ2v) is 8.97. The standard InChI is InChI=1S/C23H20N2O6S.Na.H/c1-12(2)31-14-7-5-6-13(10-14)25-17-11-18(32(28,29)30)21(24)20-19(17)22(26)15-8-3-4-9-16(15)23(20)27;;/h3-12,25H,24H2,1-2H3,(H,28,29,30);;. The zero-order valence-electron chi connectivity index (χ0n) is 17.2. The van der Waals surface area contributed by atoms with Crippen molar-refractivity contribution in [3.8, 4) is 5.75 Å². The van der Waals surface area contributed by atoms with Crippen molar-refractivity contribution in [3.63, 3.8) is 0 Å². The van der Waals surface area contributed by atoms with E-state index in [1.165, 1.54) is 12.1 Å². The van der Waals surface area contributed by atoms with Gasteiger partial charge in [0.15, 0.2) is 11.6 Å². The molecule has 0 fully saturated rings. The molecule has 33 heavy (non-hydrogen) atoms. The first-order valence-corrected chi connectivity index (χ1v) is 11.2. The third-order valence-electron chi connectivity index (χ3n) is 4.96. The van der Waals surface area contributed by atoms with Crippen molar-refractivity contribution < 1.29 is 27.3 Å². The molecule has 1 aliphatic carbocycles. The SMILES string of the molecule is CC(C)Oc1cccc(Nc2cc(S(=O)(=O)O)c(N)c3c2C(=O)c2ccccc2C3=O)c1.[NaH]. The van der Waals surface area contributed by atoms with Crippen molar-refractivity contribution in [2.24, 2.45) is 0 Å². The van der Waals surface area contributed by atoms with Crippen molar-refractivity contribution in [2.45, 2.75) is 24.8 Å². The molecule has 3 aromatic rings. The average Bonchev–Trinajstić information content (AvgIpc) is 2.72.